The Labute approximate surface area is 130 Å². The minimum Gasteiger partial charge on any atom is -0.389 e. The molecule has 2 amide bonds. The molecule has 2 rings (SSSR count). The van der Waals surface area contributed by atoms with E-state index in [1.54, 1.807) is 18.7 Å². The van der Waals surface area contributed by atoms with Crippen LogP contribution in [-0.4, -0.2) is 71.2 Å². The predicted octanol–water partition coefficient (Wildman–Crippen LogP) is 1.52. The quantitative estimate of drug-likeness (QED) is 0.826. The number of urea groups is 1. The van der Waals surface area contributed by atoms with E-state index < -0.39 is 11.5 Å². The molecule has 1 saturated carbocycles. The summed E-state index contributed by atoms with van der Waals surface area (Å²) in [5.41, 5.74) is -0.750. The van der Waals surface area contributed by atoms with Gasteiger partial charge in [0.25, 0.3) is 0 Å². The standard InChI is InChI=1S/C15H27F2N3O2/c1-11-9-19(10-14(2,3)22)4-5-20(11)13(21)18-8-12-6-15(16,17)7-12/h11-12,22H,4-10H2,1-3H3,(H,18,21)/t11-/m0/s1. The van der Waals surface area contributed by atoms with Crippen molar-refractivity contribution < 1.29 is 18.7 Å². The highest BCUT2D eigenvalue weighted by atomic mass is 19.3. The van der Waals surface area contributed by atoms with Gasteiger partial charge in [0.2, 0.25) is 5.92 Å². The molecule has 1 atom stereocenters. The molecule has 128 valence electrons. The highest BCUT2D eigenvalue weighted by molar-refractivity contribution is 5.74. The van der Waals surface area contributed by atoms with Crippen molar-refractivity contribution in [2.45, 2.75) is 51.2 Å². The van der Waals surface area contributed by atoms with Crippen molar-refractivity contribution in [2.75, 3.05) is 32.7 Å². The summed E-state index contributed by atoms with van der Waals surface area (Å²) < 4.78 is 25.5. The van der Waals surface area contributed by atoms with Crippen molar-refractivity contribution in [3.05, 3.63) is 0 Å². The van der Waals surface area contributed by atoms with Crippen molar-refractivity contribution in [3.8, 4) is 0 Å². The fourth-order valence-corrected chi connectivity index (χ4v) is 3.29. The van der Waals surface area contributed by atoms with E-state index in [0.717, 1.165) is 0 Å². The van der Waals surface area contributed by atoms with Crippen molar-refractivity contribution in [3.63, 3.8) is 0 Å². The topological polar surface area (TPSA) is 55.8 Å². The van der Waals surface area contributed by atoms with E-state index in [9.17, 15) is 18.7 Å². The molecule has 1 aliphatic carbocycles. The summed E-state index contributed by atoms with van der Waals surface area (Å²) in [5, 5.41) is 12.6. The molecule has 2 fully saturated rings. The molecule has 2 N–H and O–H groups in total. The zero-order chi connectivity index (χ0) is 16.5. The number of β-amino-alcohol motifs (C(OH)–C–C–N with tert-alkyl or cyclic N) is 1. The molecule has 0 radical (unpaired) electrons. The maximum atomic E-state index is 12.8. The monoisotopic (exact) mass is 319 g/mol. The summed E-state index contributed by atoms with van der Waals surface area (Å²) in [7, 11) is 0. The molecule has 1 heterocycles. The Morgan fingerprint density at radius 2 is 2.00 bits per heavy atom. The van der Waals surface area contributed by atoms with Gasteiger partial charge >= 0.3 is 6.03 Å². The highest BCUT2D eigenvalue weighted by Gasteiger charge is 2.45. The number of halogens is 2. The molecule has 0 aromatic heterocycles. The first-order valence-corrected chi connectivity index (χ1v) is 7.93. The number of nitrogens with one attached hydrogen (secondary N) is 1. The average molecular weight is 319 g/mol. The lowest BCUT2D eigenvalue weighted by molar-refractivity contribution is -0.108. The summed E-state index contributed by atoms with van der Waals surface area (Å²) in [6, 6.07) is -0.135. The van der Waals surface area contributed by atoms with Gasteiger partial charge in [-0.3, -0.25) is 4.90 Å². The third kappa shape index (κ3) is 4.78. The van der Waals surface area contributed by atoms with Crippen LogP contribution in [0.25, 0.3) is 0 Å². The van der Waals surface area contributed by atoms with E-state index >= 15 is 0 Å². The molecule has 7 heteroatoms. The van der Waals surface area contributed by atoms with Crippen LogP contribution in [0.5, 0.6) is 0 Å². The van der Waals surface area contributed by atoms with Gasteiger partial charge < -0.3 is 15.3 Å². The normalized spacial score (nSPS) is 26.6. The number of carbonyl (C=O) groups excluding carboxylic acids is 1. The van der Waals surface area contributed by atoms with E-state index in [-0.39, 0.29) is 30.8 Å². The van der Waals surface area contributed by atoms with Gasteiger partial charge in [-0.2, -0.15) is 0 Å². The Kier molecular flexibility index (Phi) is 4.96. The fraction of sp³-hybridized carbons (Fsp3) is 0.933. The summed E-state index contributed by atoms with van der Waals surface area (Å²) in [6.07, 6.45) is -0.246. The second-order valence-corrected chi connectivity index (χ2v) is 7.41. The fourth-order valence-electron chi connectivity index (χ4n) is 3.29. The third-order valence-electron chi connectivity index (χ3n) is 4.30. The maximum Gasteiger partial charge on any atom is 0.317 e. The van der Waals surface area contributed by atoms with Crippen LogP contribution in [0.4, 0.5) is 13.6 Å². The highest BCUT2D eigenvalue weighted by Crippen LogP contribution is 2.41. The lowest BCUT2D eigenvalue weighted by atomic mass is 9.81. The zero-order valence-electron chi connectivity index (χ0n) is 13.6. The molecule has 2 aliphatic rings. The van der Waals surface area contributed by atoms with Crippen LogP contribution in [0.1, 0.15) is 33.6 Å². The zero-order valence-corrected chi connectivity index (χ0v) is 13.6. The molecule has 0 spiro atoms. The van der Waals surface area contributed by atoms with Gasteiger partial charge in [-0.1, -0.05) is 0 Å². The number of rotatable bonds is 4. The van der Waals surface area contributed by atoms with Crippen molar-refractivity contribution in [2.24, 2.45) is 5.92 Å². The third-order valence-corrected chi connectivity index (χ3v) is 4.30. The molecule has 5 nitrogen and oxygen atoms in total. The molecular formula is C15H27F2N3O2. The SMILES string of the molecule is C[C@H]1CN(CC(C)(C)O)CCN1C(=O)NCC1CC(F)(F)C1. The van der Waals surface area contributed by atoms with Gasteiger partial charge in [-0.05, 0) is 26.7 Å². The first-order chi connectivity index (χ1) is 10.1. The van der Waals surface area contributed by atoms with Crippen molar-refractivity contribution in [1.29, 1.82) is 0 Å². The van der Waals surface area contributed by atoms with Crippen LogP contribution in [0, 0.1) is 5.92 Å². The van der Waals surface area contributed by atoms with Crippen LogP contribution in [-0.2, 0) is 0 Å². The number of carbonyl (C=O) groups is 1. The van der Waals surface area contributed by atoms with Crippen LogP contribution in [0.2, 0.25) is 0 Å². The number of hydrogen-bond donors (Lipinski definition) is 2. The van der Waals surface area contributed by atoms with E-state index in [2.05, 4.69) is 10.2 Å². The molecule has 22 heavy (non-hydrogen) atoms. The Morgan fingerprint density at radius 3 is 2.50 bits per heavy atom. The Bertz CT molecular complexity index is 404. The van der Waals surface area contributed by atoms with Crippen LogP contribution >= 0.6 is 0 Å². The van der Waals surface area contributed by atoms with E-state index in [4.69, 9.17) is 0 Å². The summed E-state index contributed by atoms with van der Waals surface area (Å²) in [6.45, 7) is 8.41. The van der Waals surface area contributed by atoms with Crippen LogP contribution in [0.15, 0.2) is 0 Å². The lowest BCUT2D eigenvalue weighted by Crippen LogP contribution is -2.58. The number of amides is 2. The summed E-state index contributed by atoms with van der Waals surface area (Å²) in [4.78, 5) is 16.1. The smallest absolute Gasteiger partial charge is 0.317 e. The van der Waals surface area contributed by atoms with Gasteiger partial charge in [0, 0.05) is 51.6 Å². The minimum atomic E-state index is -2.54. The van der Waals surface area contributed by atoms with Gasteiger partial charge in [0.1, 0.15) is 0 Å². The number of nitrogens with zero attached hydrogens (tertiary/aromatic N) is 2. The second-order valence-electron chi connectivity index (χ2n) is 7.41. The Balaban J connectivity index is 1.73. The van der Waals surface area contributed by atoms with E-state index in [1.807, 2.05) is 6.92 Å². The molecule has 1 aliphatic heterocycles. The van der Waals surface area contributed by atoms with E-state index in [1.165, 1.54) is 0 Å². The largest absolute Gasteiger partial charge is 0.389 e. The number of piperazine rings is 1. The Hall–Kier alpha value is -0.950. The molecule has 0 unspecified atom stereocenters. The van der Waals surface area contributed by atoms with Gasteiger partial charge in [0.05, 0.1) is 5.60 Å². The Morgan fingerprint density at radius 1 is 1.36 bits per heavy atom. The second kappa shape index (κ2) is 6.28. The van der Waals surface area contributed by atoms with Crippen molar-refractivity contribution >= 4 is 6.03 Å². The van der Waals surface area contributed by atoms with E-state index in [0.29, 0.717) is 32.7 Å². The van der Waals surface area contributed by atoms with Crippen molar-refractivity contribution in [1.82, 2.24) is 15.1 Å². The first-order valence-electron chi connectivity index (χ1n) is 7.93. The van der Waals surface area contributed by atoms with Crippen LogP contribution in [0.3, 0.4) is 0 Å². The predicted molar refractivity (Wildman–Crippen MR) is 80.0 cm³/mol. The van der Waals surface area contributed by atoms with Gasteiger partial charge in [0.15, 0.2) is 0 Å². The number of aliphatic hydroxyl groups is 1. The van der Waals surface area contributed by atoms with Gasteiger partial charge in [-0.25, -0.2) is 13.6 Å². The number of alkyl halides is 2. The summed E-state index contributed by atoms with van der Waals surface area (Å²) >= 11 is 0. The molecule has 1 saturated heterocycles. The van der Waals surface area contributed by atoms with Crippen LogP contribution < -0.4 is 5.32 Å². The molecule has 0 aromatic rings. The molecular weight excluding hydrogens is 292 g/mol. The minimum absolute atomic E-state index is 0.0407. The first kappa shape index (κ1) is 17.4. The lowest BCUT2D eigenvalue weighted by Gasteiger charge is -2.42. The maximum absolute atomic E-state index is 12.8. The summed E-state index contributed by atoms with van der Waals surface area (Å²) in [5.74, 6) is -2.64. The molecule has 0 aromatic carbocycles. The van der Waals surface area contributed by atoms with Gasteiger partial charge in [-0.15, -0.1) is 0 Å². The average Bonchev–Trinajstić information content (AvgIpc) is 2.31. The molecule has 0 bridgehead atoms. The number of hydrogen-bond acceptors (Lipinski definition) is 3.